The smallest absolute Gasteiger partial charge is 0.216 e. The average Bonchev–Trinajstić information content (AvgIpc) is 2.56. The normalized spacial score (nSPS) is 10.3. The highest BCUT2D eigenvalue weighted by Crippen LogP contribution is 2.04. The molecule has 0 N–H and O–H groups in total. The topological polar surface area (TPSA) is 26.3 Å². The van der Waals surface area contributed by atoms with Gasteiger partial charge in [-0.15, -0.1) is 12.6 Å². The number of carbonyl (C=O) groups excluding carboxylic acids is 1. The molecule has 0 spiro atoms. The Hall–Kier alpha value is -1.62. The second-order valence-electron chi connectivity index (χ2n) is 4.43. The molecule has 0 fully saturated rings. The highest BCUT2D eigenvalue weighted by atomic mass is 35.5. The number of hydrogen-bond acceptors (Lipinski definition) is 3. The largest absolute Gasteiger partial charge is 0.479 e. The number of rotatable bonds is 4. The number of thiocarbonyl (C=S) groups is 1. The van der Waals surface area contributed by atoms with E-state index >= 15 is 0 Å². The van der Waals surface area contributed by atoms with Crippen molar-refractivity contribution in [3.8, 4) is 0 Å². The van der Waals surface area contributed by atoms with Crippen LogP contribution in [-0.4, -0.2) is 16.8 Å². The zero-order chi connectivity index (χ0) is 17.1. The van der Waals surface area contributed by atoms with E-state index in [1.54, 1.807) is 25.1 Å². The molecule has 0 unspecified atom stereocenters. The standard InChI is InChI=1S/C11H11ClOS.C7H6OS/c1-9(12)7-8-13-11(14)10-5-3-2-4-6-10;8-7(9)6-4-2-1-3-5-6/h2-7H,8H2,1H3;1-5H,(H,8,9). The van der Waals surface area contributed by atoms with Crippen molar-refractivity contribution >= 4 is 46.6 Å². The molecular formula is C18H17ClO2S2. The maximum absolute atomic E-state index is 10.5. The number of benzene rings is 2. The Morgan fingerprint density at radius 2 is 1.57 bits per heavy atom. The van der Waals surface area contributed by atoms with Crippen LogP contribution in [0.4, 0.5) is 0 Å². The Bertz CT molecular complexity index is 651. The summed E-state index contributed by atoms with van der Waals surface area (Å²) in [4.78, 5) is 10.5. The van der Waals surface area contributed by atoms with E-state index in [1.165, 1.54) is 0 Å². The lowest BCUT2D eigenvalue weighted by molar-refractivity contribution is 0.109. The monoisotopic (exact) mass is 364 g/mol. The van der Waals surface area contributed by atoms with E-state index in [1.807, 2.05) is 48.5 Å². The van der Waals surface area contributed by atoms with Crippen LogP contribution in [-0.2, 0) is 4.74 Å². The van der Waals surface area contributed by atoms with Crippen molar-refractivity contribution in [3.63, 3.8) is 0 Å². The lowest BCUT2D eigenvalue weighted by atomic mass is 10.2. The third-order valence-electron chi connectivity index (χ3n) is 2.61. The Labute approximate surface area is 152 Å². The highest BCUT2D eigenvalue weighted by molar-refractivity contribution is 7.97. The van der Waals surface area contributed by atoms with Gasteiger partial charge in [0.25, 0.3) is 0 Å². The molecule has 5 heteroatoms. The van der Waals surface area contributed by atoms with Crippen molar-refractivity contribution in [2.45, 2.75) is 6.92 Å². The van der Waals surface area contributed by atoms with E-state index in [4.69, 9.17) is 28.6 Å². The minimum Gasteiger partial charge on any atom is -0.479 e. The molecule has 23 heavy (non-hydrogen) atoms. The molecule has 2 rings (SSSR count). The average molecular weight is 365 g/mol. The van der Waals surface area contributed by atoms with Gasteiger partial charge in [-0.05, 0) is 25.2 Å². The summed E-state index contributed by atoms with van der Waals surface area (Å²) in [5.74, 6) is 0. The van der Waals surface area contributed by atoms with E-state index in [0.29, 0.717) is 22.3 Å². The van der Waals surface area contributed by atoms with Crippen LogP contribution in [0.5, 0.6) is 0 Å². The second-order valence-corrected chi connectivity index (χ2v) is 5.80. The van der Waals surface area contributed by atoms with E-state index in [-0.39, 0.29) is 5.12 Å². The summed E-state index contributed by atoms with van der Waals surface area (Å²) >= 11 is 14.4. The summed E-state index contributed by atoms with van der Waals surface area (Å²) in [5, 5.41) is 1.02. The van der Waals surface area contributed by atoms with Gasteiger partial charge in [-0.2, -0.15) is 0 Å². The fourth-order valence-corrected chi connectivity index (χ4v) is 1.89. The van der Waals surface area contributed by atoms with Gasteiger partial charge in [0.15, 0.2) is 5.05 Å². The van der Waals surface area contributed by atoms with E-state index in [0.717, 1.165) is 5.56 Å². The van der Waals surface area contributed by atoms with Gasteiger partial charge < -0.3 is 4.74 Å². The first kappa shape index (κ1) is 19.4. The molecule has 0 radical (unpaired) electrons. The van der Waals surface area contributed by atoms with Crippen LogP contribution in [0, 0.1) is 0 Å². The van der Waals surface area contributed by atoms with Crippen molar-refractivity contribution in [2.75, 3.05) is 6.61 Å². The maximum Gasteiger partial charge on any atom is 0.216 e. The lowest BCUT2D eigenvalue weighted by Gasteiger charge is -2.04. The molecule has 0 aliphatic carbocycles. The van der Waals surface area contributed by atoms with Gasteiger partial charge in [-0.1, -0.05) is 72.3 Å². The van der Waals surface area contributed by atoms with Crippen LogP contribution in [0.3, 0.4) is 0 Å². The molecule has 0 saturated carbocycles. The predicted molar refractivity (Wildman–Crippen MR) is 103 cm³/mol. The number of thiol groups is 1. The van der Waals surface area contributed by atoms with Crippen molar-refractivity contribution in [3.05, 3.63) is 82.9 Å². The Morgan fingerprint density at radius 1 is 1.09 bits per heavy atom. The van der Waals surface area contributed by atoms with Crippen LogP contribution >= 0.6 is 36.4 Å². The molecule has 0 aromatic heterocycles. The van der Waals surface area contributed by atoms with Crippen molar-refractivity contribution in [1.82, 2.24) is 0 Å². The molecule has 0 amide bonds. The Balaban J connectivity index is 0.000000253. The molecule has 0 saturated heterocycles. The van der Waals surface area contributed by atoms with E-state index < -0.39 is 0 Å². The minimum absolute atomic E-state index is 0.185. The van der Waals surface area contributed by atoms with Gasteiger partial charge >= 0.3 is 0 Å². The molecule has 0 heterocycles. The van der Waals surface area contributed by atoms with Gasteiger partial charge in [0.05, 0.1) is 0 Å². The Morgan fingerprint density at radius 3 is 1.96 bits per heavy atom. The molecule has 2 nitrogen and oxygen atoms in total. The first-order valence-electron chi connectivity index (χ1n) is 6.83. The number of allylic oxidation sites excluding steroid dienone is 1. The summed E-state index contributed by atoms with van der Waals surface area (Å²) in [6.07, 6.45) is 1.77. The Kier molecular flexibility index (Phi) is 9.29. The zero-order valence-corrected chi connectivity index (χ0v) is 15.1. The molecule has 0 atom stereocenters. The number of carbonyl (C=O) groups is 1. The molecule has 0 aliphatic heterocycles. The van der Waals surface area contributed by atoms with Crippen molar-refractivity contribution in [1.29, 1.82) is 0 Å². The fraction of sp³-hybridized carbons (Fsp3) is 0.111. The molecule has 0 bridgehead atoms. The van der Waals surface area contributed by atoms with E-state index in [9.17, 15) is 4.79 Å². The van der Waals surface area contributed by atoms with Crippen LogP contribution in [0.2, 0.25) is 0 Å². The van der Waals surface area contributed by atoms with Gasteiger partial charge in [-0.3, -0.25) is 4.79 Å². The first-order chi connectivity index (χ1) is 11.0. The van der Waals surface area contributed by atoms with Crippen molar-refractivity contribution < 1.29 is 9.53 Å². The number of ether oxygens (including phenoxy) is 1. The third kappa shape index (κ3) is 8.55. The first-order valence-corrected chi connectivity index (χ1v) is 8.07. The van der Waals surface area contributed by atoms with Crippen LogP contribution in [0.25, 0.3) is 0 Å². The van der Waals surface area contributed by atoms with Gasteiger partial charge in [0, 0.05) is 16.2 Å². The molecule has 120 valence electrons. The second kappa shape index (κ2) is 11.0. The van der Waals surface area contributed by atoms with Crippen LogP contribution < -0.4 is 0 Å². The predicted octanol–water partition coefficient (Wildman–Crippen LogP) is 5.28. The summed E-state index contributed by atoms with van der Waals surface area (Å²) in [7, 11) is 0. The van der Waals surface area contributed by atoms with Gasteiger partial charge in [0.1, 0.15) is 6.61 Å². The summed E-state index contributed by atoms with van der Waals surface area (Å²) in [6.45, 7) is 2.22. The van der Waals surface area contributed by atoms with Crippen LogP contribution in [0.1, 0.15) is 22.8 Å². The SMILES string of the molecule is CC(Cl)=CCOC(=S)c1ccccc1.O=C(S)c1ccccc1. The van der Waals surface area contributed by atoms with Gasteiger partial charge in [-0.25, -0.2) is 0 Å². The minimum atomic E-state index is -0.185. The van der Waals surface area contributed by atoms with Crippen LogP contribution in [0.15, 0.2) is 71.8 Å². The number of hydrogen-bond donors (Lipinski definition) is 1. The summed E-state index contributed by atoms with van der Waals surface area (Å²) < 4.78 is 5.31. The fourth-order valence-electron chi connectivity index (χ4n) is 1.47. The molecule has 0 aliphatic rings. The third-order valence-corrected chi connectivity index (χ3v) is 3.38. The molecule has 2 aromatic carbocycles. The van der Waals surface area contributed by atoms with Crippen molar-refractivity contribution in [2.24, 2.45) is 0 Å². The summed E-state index contributed by atoms with van der Waals surface area (Å²) in [6, 6.07) is 18.6. The molecular weight excluding hydrogens is 348 g/mol. The van der Waals surface area contributed by atoms with Gasteiger partial charge in [0.2, 0.25) is 5.12 Å². The quantitative estimate of drug-likeness (QED) is 0.590. The zero-order valence-electron chi connectivity index (χ0n) is 12.6. The lowest BCUT2D eigenvalue weighted by Crippen LogP contribution is -2.03. The molecule has 2 aromatic rings. The van der Waals surface area contributed by atoms with E-state index in [2.05, 4.69) is 12.6 Å². The maximum atomic E-state index is 10.5. The highest BCUT2D eigenvalue weighted by Gasteiger charge is 1.99. The summed E-state index contributed by atoms with van der Waals surface area (Å²) in [5.41, 5.74) is 1.56. The number of halogens is 1.